The lowest BCUT2D eigenvalue weighted by Crippen LogP contribution is -2.37. The normalized spacial score (nSPS) is 14.0. The number of nitrogens with zero attached hydrogens (tertiary/aromatic N) is 1. The fourth-order valence-corrected chi connectivity index (χ4v) is 3.10. The summed E-state index contributed by atoms with van der Waals surface area (Å²) in [6.45, 7) is -0.159. The Hall–Kier alpha value is -3.88. The van der Waals surface area contributed by atoms with Crippen molar-refractivity contribution < 1.29 is 28.7 Å². The number of benzene rings is 2. The molecule has 0 aliphatic carbocycles. The lowest BCUT2D eigenvalue weighted by molar-refractivity contribution is -0.124. The quantitative estimate of drug-likeness (QED) is 0.710. The smallest absolute Gasteiger partial charge is 0.261 e. The topological polar surface area (TPSA) is 114 Å². The molecule has 0 bridgehead atoms. The van der Waals surface area contributed by atoms with E-state index in [1.54, 1.807) is 42.5 Å². The first kappa shape index (κ1) is 18.5. The fraction of sp³-hybridized carbons (Fsp3) is 0.200. The first-order chi connectivity index (χ1) is 14.0. The molecule has 0 aromatic heterocycles. The van der Waals surface area contributed by atoms with Gasteiger partial charge >= 0.3 is 0 Å². The van der Waals surface area contributed by atoms with Gasteiger partial charge in [0, 0.05) is 24.7 Å². The van der Waals surface area contributed by atoms with E-state index in [0.29, 0.717) is 28.3 Å². The third kappa shape index (κ3) is 3.75. The number of amides is 4. The Morgan fingerprint density at radius 2 is 1.62 bits per heavy atom. The zero-order chi connectivity index (χ0) is 20.4. The molecule has 148 valence electrons. The standard InChI is InChI=1S/C20H17N3O6/c24-17(7-8-23-19(26)13-3-1-2-4-14(13)20(23)27)21-10-18(25)22-12-5-6-15-16(9-12)29-11-28-15/h1-6,9H,7-8,10-11H2,(H,21,24)(H,22,25). The molecule has 9 nitrogen and oxygen atoms in total. The number of rotatable bonds is 6. The lowest BCUT2D eigenvalue weighted by Gasteiger charge is -2.13. The van der Waals surface area contributed by atoms with E-state index in [-0.39, 0.29) is 26.3 Å². The lowest BCUT2D eigenvalue weighted by atomic mass is 10.1. The van der Waals surface area contributed by atoms with Gasteiger partial charge in [0.05, 0.1) is 17.7 Å². The largest absolute Gasteiger partial charge is 0.454 e. The molecule has 0 atom stereocenters. The van der Waals surface area contributed by atoms with Gasteiger partial charge in [-0.15, -0.1) is 0 Å². The number of imide groups is 1. The molecule has 2 aliphatic heterocycles. The maximum Gasteiger partial charge on any atom is 0.261 e. The highest BCUT2D eigenvalue weighted by Crippen LogP contribution is 2.34. The van der Waals surface area contributed by atoms with Crippen molar-refractivity contribution in [1.29, 1.82) is 0 Å². The third-order valence-corrected chi connectivity index (χ3v) is 4.54. The number of carbonyl (C=O) groups is 4. The zero-order valence-corrected chi connectivity index (χ0v) is 15.3. The minimum atomic E-state index is -0.442. The average molecular weight is 395 g/mol. The number of nitrogens with one attached hydrogen (secondary N) is 2. The number of hydrogen-bond acceptors (Lipinski definition) is 6. The van der Waals surface area contributed by atoms with E-state index >= 15 is 0 Å². The SMILES string of the molecule is O=C(CCN1C(=O)c2ccccc2C1=O)NCC(=O)Nc1ccc2c(c1)OCO2. The van der Waals surface area contributed by atoms with E-state index in [0.717, 1.165) is 4.90 Å². The van der Waals surface area contributed by atoms with Crippen molar-refractivity contribution >= 4 is 29.3 Å². The van der Waals surface area contributed by atoms with E-state index < -0.39 is 23.6 Å². The van der Waals surface area contributed by atoms with Crippen LogP contribution in [0, 0.1) is 0 Å². The highest BCUT2D eigenvalue weighted by Gasteiger charge is 2.34. The second-order valence-corrected chi connectivity index (χ2v) is 6.45. The predicted octanol–water partition coefficient (Wildman–Crippen LogP) is 1.16. The van der Waals surface area contributed by atoms with Crippen molar-refractivity contribution in [1.82, 2.24) is 10.2 Å². The van der Waals surface area contributed by atoms with Gasteiger partial charge in [0.15, 0.2) is 11.5 Å². The molecule has 0 unspecified atom stereocenters. The molecule has 2 aliphatic rings. The van der Waals surface area contributed by atoms with Crippen molar-refractivity contribution in [2.24, 2.45) is 0 Å². The maximum absolute atomic E-state index is 12.3. The van der Waals surface area contributed by atoms with Crippen LogP contribution in [0.15, 0.2) is 42.5 Å². The summed E-state index contributed by atoms with van der Waals surface area (Å²) in [5.41, 5.74) is 1.18. The summed E-state index contributed by atoms with van der Waals surface area (Å²) in [5.74, 6) is -0.560. The van der Waals surface area contributed by atoms with Crippen molar-refractivity contribution in [2.45, 2.75) is 6.42 Å². The minimum absolute atomic E-state index is 0.0536. The molecule has 2 aromatic carbocycles. The molecule has 2 heterocycles. The molecule has 0 fully saturated rings. The van der Waals surface area contributed by atoms with Gasteiger partial charge in [-0.2, -0.15) is 0 Å². The summed E-state index contributed by atoms with van der Waals surface area (Å²) in [7, 11) is 0. The van der Waals surface area contributed by atoms with E-state index in [2.05, 4.69) is 10.6 Å². The number of hydrogen-bond donors (Lipinski definition) is 2. The fourth-order valence-electron chi connectivity index (χ4n) is 3.10. The second-order valence-electron chi connectivity index (χ2n) is 6.45. The van der Waals surface area contributed by atoms with Crippen LogP contribution >= 0.6 is 0 Å². The Morgan fingerprint density at radius 1 is 0.931 bits per heavy atom. The molecule has 0 radical (unpaired) electrons. The van der Waals surface area contributed by atoms with Crippen molar-refractivity contribution in [3.63, 3.8) is 0 Å². The molecule has 2 aromatic rings. The van der Waals surface area contributed by atoms with Crippen molar-refractivity contribution in [3.8, 4) is 11.5 Å². The highest BCUT2D eigenvalue weighted by atomic mass is 16.7. The molecule has 4 rings (SSSR count). The minimum Gasteiger partial charge on any atom is -0.454 e. The first-order valence-electron chi connectivity index (χ1n) is 8.94. The van der Waals surface area contributed by atoms with Gasteiger partial charge in [-0.05, 0) is 24.3 Å². The molecule has 9 heteroatoms. The van der Waals surface area contributed by atoms with Crippen LogP contribution in [0.25, 0.3) is 0 Å². The molecule has 29 heavy (non-hydrogen) atoms. The molecule has 2 N–H and O–H groups in total. The predicted molar refractivity (Wildman–Crippen MR) is 101 cm³/mol. The van der Waals surface area contributed by atoms with Gasteiger partial charge in [-0.1, -0.05) is 12.1 Å². The second kappa shape index (κ2) is 7.63. The summed E-state index contributed by atoms with van der Waals surface area (Å²) in [6.07, 6.45) is -0.0945. The van der Waals surface area contributed by atoms with Crippen LogP contribution in [0.2, 0.25) is 0 Å². The van der Waals surface area contributed by atoms with E-state index in [4.69, 9.17) is 9.47 Å². The summed E-state index contributed by atoms with van der Waals surface area (Å²) < 4.78 is 10.4. The van der Waals surface area contributed by atoms with Gasteiger partial charge in [-0.25, -0.2) is 0 Å². The number of anilines is 1. The summed E-state index contributed by atoms with van der Waals surface area (Å²) in [4.78, 5) is 49.6. The number of ether oxygens (including phenoxy) is 2. The first-order valence-corrected chi connectivity index (χ1v) is 8.94. The molecule has 0 saturated carbocycles. The summed E-state index contributed by atoms with van der Waals surface area (Å²) in [5, 5.41) is 5.12. The van der Waals surface area contributed by atoms with Crippen LogP contribution in [0.3, 0.4) is 0 Å². The molecular weight excluding hydrogens is 378 g/mol. The van der Waals surface area contributed by atoms with E-state index in [9.17, 15) is 19.2 Å². The molecular formula is C20H17N3O6. The van der Waals surface area contributed by atoms with Crippen LogP contribution in [0.5, 0.6) is 11.5 Å². The van der Waals surface area contributed by atoms with Gasteiger partial charge in [-0.3, -0.25) is 24.1 Å². The zero-order valence-electron chi connectivity index (χ0n) is 15.3. The van der Waals surface area contributed by atoms with Crippen LogP contribution in [-0.2, 0) is 9.59 Å². The Morgan fingerprint density at radius 3 is 2.34 bits per heavy atom. The molecule has 0 spiro atoms. The van der Waals surface area contributed by atoms with Gasteiger partial charge in [0.25, 0.3) is 11.8 Å². The van der Waals surface area contributed by atoms with Crippen molar-refractivity contribution in [3.05, 3.63) is 53.6 Å². The number of fused-ring (bicyclic) bond motifs is 2. The Kier molecular flexibility index (Phi) is 4.86. The van der Waals surface area contributed by atoms with Gasteiger partial charge in [0.1, 0.15) is 0 Å². The van der Waals surface area contributed by atoms with Gasteiger partial charge in [0.2, 0.25) is 18.6 Å². The van der Waals surface area contributed by atoms with Crippen LogP contribution in [-0.4, -0.2) is 48.4 Å². The van der Waals surface area contributed by atoms with E-state index in [1.165, 1.54) is 0 Å². The van der Waals surface area contributed by atoms with Crippen LogP contribution in [0.1, 0.15) is 27.1 Å². The van der Waals surface area contributed by atoms with Gasteiger partial charge < -0.3 is 20.1 Å². The summed E-state index contributed by atoms with van der Waals surface area (Å²) in [6, 6.07) is 11.5. The monoisotopic (exact) mass is 395 g/mol. The van der Waals surface area contributed by atoms with Crippen molar-refractivity contribution in [2.75, 3.05) is 25.2 Å². The molecule has 0 saturated heterocycles. The number of carbonyl (C=O) groups excluding carboxylic acids is 4. The highest BCUT2D eigenvalue weighted by molar-refractivity contribution is 6.21. The molecule has 4 amide bonds. The Bertz CT molecular complexity index is 984. The Labute approximate surface area is 165 Å². The van der Waals surface area contributed by atoms with Crippen LogP contribution < -0.4 is 20.1 Å². The maximum atomic E-state index is 12.3. The van der Waals surface area contributed by atoms with E-state index in [1.807, 2.05) is 0 Å². The average Bonchev–Trinajstić information content (AvgIpc) is 3.28. The Balaban J connectivity index is 1.24. The third-order valence-electron chi connectivity index (χ3n) is 4.54. The summed E-state index contributed by atoms with van der Waals surface area (Å²) >= 11 is 0. The van der Waals surface area contributed by atoms with Crippen LogP contribution in [0.4, 0.5) is 5.69 Å².